The summed E-state index contributed by atoms with van der Waals surface area (Å²) < 4.78 is 32.8. The summed E-state index contributed by atoms with van der Waals surface area (Å²) in [7, 11) is -2.35. The Balaban J connectivity index is 1.62. The Kier molecular flexibility index (Phi) is 5.65. The van der Waals surface area contributed by atoms with E-state index < -0.39 is 15.6 Å². The van der Waals surface area contributed by atoms with Gasteiger partial charge in [0.25, 0.3) is 15.6 Å². The molecule has 1 aromatic heterocycles. The summed E-state index contributed by atoms with van der Waals surface area (Å²) in [4.78, 5) is 19.3. The number of aromatic amines is 1. The number of methoxy groups -OCH3 is 1. The number of benzene rings is 3. The van der Waals surface area contributed by atoms with Crippen LogP contribution in [0, 0.1) is 0 Å². The SMILES string of the molecule is COc1ccc(S(=O)(=O)Nc2cccc(/C(O)=C/c3nc4ccccc4[nH]c3=O)c2)cc1. The summed E-state index contributed by atoms with van der Waals surface area (Å²) in [6.45, 7) is 0. The van der Waals surface area contributed by atoms with Gasteiger partial charge in [-0.25, -0.2) is 13.4 Å². The molecule has 0 radical (unpaired) electrons. The lowest BCUT2D eigenvalue weighted by molar-refractivity contribution is 0.414. The molecule has 0 fully saturated rings. The molecule has 162 valence electrons. The standard InChI is InChI=1S/C23H19N3O5S/c1-31-17-9-11-18(12-10-17)32(29,30)26-16-6-4-5-15(13-16)22(27)14-21-23(28)25-20-8-3-2-7-19(20)24-21/h2-14,26-27H,1H3,(H,25,28)/b22-14-. The van der Waals surface area contributed by atoms with Crippen LogP contribution in [0.2, 0.25) is 0 Å². The number of fused-ring (bicyclic) bond motifs is 1. The number of nitrogens with one attached hydrogen (secondary N) is 2. The number of aliphatic hydroxyl groups excluding tert-OH is 1. The van der Waals surface area contributed by atoms with Crippen molar-refractivity contribution >= 4 is 38.6 Å². The number of H-pyrrole nitrogens is 1. The lowest BCUT2D eigenvalue weighted by Gasteiger charge is -2.10. The van der Waals surface area contributed by atoms with Crippen LogP contribution in [0.3, 0.4) is 0 Å². The zero-order valence-electron chi connectivity index (χ0n) is 16.9. The average molecular weight is 449 g/mol. The van der Waals surface area contributed by atoms with E-state index in [-0.39, 0.29) is 22.0 Å². The van der Waals surface area contributed by atoms with E-state index in [0.717, 1.165) is 0 Å². The first-order valence-electron chi connectivity index (χ1n) is 9.53. The van der Waals surface area contributed by atoms with Crippen molar-refractivity contribution in [3.05, 3.63) is 94.4 Å². The van der Waals surface area contributed by atoms with Gasteiger partial charge in [-0.05, 0) is 48.5 Å². The smallest absolute Gasteiger partial charge is 0.274 e. The van der Waals surface area contributed by atoms with Crippen LogP contribution in [0.15, 0.2) is 82.5 Å². The van der Waals surface area contributed by atoms with Crippen molar-refractivity contribution < 1.29 is 18.3 Å². The number of nitrogens with zero attached hydrogens (tertiary/aromatic N) is 1. The number of ether oxygens (including phenoxy) is 1. The van der Waals surface area contributed by atoms with Crippen LogP contribution in [0.5, 0.6) is 5.75 Å². The quantitative estimate of drug-likeness (QED) is 0.385. The Bertz CT molecular complexity index is 1480. The maximum atomic E-state index is 12.7. The molecule has 3 aromatic carbocycles. The Morgan fingerprint density at radius 1 is 1.06 bits per heavy atom. The maximum Gasteiger partial charge on any atom is 0.274 e. The van der Waals surface area contributed by atoms with Crippen molar-refractivity contribution in [1.29, 1.82) is 0 Å². The normalized spacial score (nSPS) is 12.0. The van der Waals surface area contributed by atoms with Crippen molar-refractivity contribution in [3.63, 3.8) is 0 Å². The lowest BCUT2D eigenvalue weighted by Crippen LogP contribution is -2.13. The molecule has 0 aliphatic rings. The van der Waals surface area contributed by atoms with E-state index in [9.17, 15) is 18.3 Å². The number of rotatable bonds is 6. The van der Waals surface area contributed by atoms with E-state index in [4.69, 9.17) is 4.74 Å². The molecule has 3 N–H and O–H groups in total. The molecule has 0 amide bonds. The number of hydrogen-bond donors (Lipinski definition) is 3. The topological polar surface area (TPSA) is 121 Å². The molecule has 1 heterocycles. The van der Waals surface area contributed by atoms with Crippen LogP contribution in [-0.4, -0.2) is 30.6 Å². The number of anilines is 1. The summed E-state index contributed by atoms with van der Waals surface area (Å²) in [6, 6.07) is 19.2. The molecule has 4 rings (SSSR count). The maximum absolute atomic E-state index is 12.7. The molecule has 9 heteroatoms. The largest absolute Gasteiger partial charge is 0.507 e. The van der Waals surface area contributed by atoms with Gasteiger partial charge in [-0.15, -0.1) is 0 Å². The fourth-order valence-corrected chi connectivity index (χ4v) is 4.11. The van der Waals surface area contributed by atoms with E-state index >= 15 is 0 Å². The number of para-hydroxylation sites is 2. The second-order valence-electron chi connectivity index (χ2n) is 6.86. The summed E-state index contributed by atoms with van der Waals surface area (Å²) in [5.41, 5.74) is 1.31. The number of hydrogen-bond acceptors (Lipinski definition) is 6. The van der Waals surface area contributed by atoms with E-state index in [0.29, 0.717) is 22.3 Å². The lowest BCUT2D eigenvalue weighted by atomic mass is 10.1. The Morgan fingerprint density at radius 3 is 2.56 bits per heavy atom. The van der Waals surface area contributed by atoms with Crippen molar-refractivity contribution in [2.24, 2.45) is 0 Å². The first-order valence-corrected chi connectivity index (χ1v) is 11.0. The van der Waals surface area contributed by atoms with Gasteiger partial charge in [0.05, 0.1) is 23.0 Å². The van der Waals surface area contributed by atoms with Gasteiger partial charge in [-0.2, -0.15) is 0 Å². The van der Waals surface area contributed by atoms with E-state index in [1.807, 2.05) is 0 Å². The molecule has 0 bridgehead atoms. The Labute approximate surface area is 183 Å². The van der Waals surface area contributed by atoms with Gasteiger partial charge in [-0.1, -0.05) is 24.3 Å². The van der Waals surface area contributed by atoms with Crippen LogP contribution < -0.4 is 15.0 Å². The van der Waals surface area contributed by atoms with Gasteiger partial charge in [-0.3, -0.25) is 9.52 Å². The zero-order valence-corrected chi connectivity index (χ0v) is 17.8. The second kappa shape index (κ2) is 8.56. The van der Waals surface area contributed by atoms with E-state index in [1.165, 1.54) is 31.4 Å². The first-order chi connectivity index (χ1) is 15.4. The fraction of sp³-hybridized carbons (Fsp3) is 0.0435. The number of aliphatic hydroxyl groups is 1. The average Bonchev–Trinajstić information content (AvgIpc) is 2.79. The molecule has 4 aromatic rings. The Hall–Kier alpha value is -4.11. The zero-order chi connectivity index (χ0) is 22.7. The molecular formula is C23H19N3O5S. The highest BCUT2D eigenvalue weighted by atomic mass is 32.2. The van der Waals surface area contributed by atoms with E-state index in [1.54, 1.807) is 54.6 Å². The molecule has 0 aliphatic heterocycles. The summed E-state index contributed by atoms with van der Waals surface area (Å²) in [5.74, 6) is 0.307. The summed E-state index contributed by atoms with van der Waals surface area (Å²) >= 11 is 0. The molecule has 0 unspecified atom stereocenters. The molecule has 0 aliphatic carbocycles. The highest BCUT2D eigenvalue weighted by Gasteiger charge is 2.15. The van der Waals surface area contributed by atoms with Crippen molar-refractivity contribution in [1.82, 2.24) is 9.97 Å². The summed E-state index contributed by atoms with van der Waals surface area (Å²) in [5, 5.41) is 10.5. The van der Waals surface area contributed by atoms with Crippen molar-refractivity contribution in [2.45, 2.75) is 4.90 Å². The van der Waals surface area contributed by atoms with Gasteiger partial charge in [0.2, 0.25) is 0 Å². The molecule has 32 heavy (non-hydrogen) atoms. The molecule has 0 spiro atoms. The second-order valence-corrected chi connectivity index (χ2v) is 8.54. The molecule has 0 saturated heterocycles. The third-order valence-corrected chi connectivity index (χ3v) is 6.08. The molecule has 0 atom stereocenters. The summed E-state index contributed by atoms with van der Waals surface area (Å²) in [6.07, 6.45) is 1.24. The van der Waals surface area contributed by atoms with Crippen LogP contribution in [0.25, 0.3) is 22.9 Å². The van der Waals surface area contributed by atoms with Crippen LogP contribution >= 0.6 is 0 Å². The minimum absolute atomic E-state index is 0.0328. The monoisotopic (exact) mass is 449 g/mol. The number of aromatic nitrogens is 2. The minimum atomic E-state index is -3.84. The third-order valence-electron chi connectivity index (χ3n) is 4.68. The van der Waals surface area contributed by atoms with Gasteiger partial charge in [0.1, 0.15) is 17.2 Å². The van der Waals surface area contributed by atoms with Crippen LogP contribution in [0.4, 0.5) is 5.69 Å². The molecule has 8 nitrogen and oxygen atoms in total. The third kappa shape index (κ3) is 4.47. The highest BCUT2D eigenvalue weighted by Crippen LogP contribution is 2.22. The highest BCUT2D eigenvalue weighted by molar-refractivity contribution is 7.92. The fourth-order valence-electron chi connectivity index (χ4n) is 3.07. The predicted octanol–water partition coefficient (Wildman–Crippen LogP) is 3.79. The molecule has 0 saturated carbocycles. The molecular weight excluding hydrogens is 430 g/mol. The predicted molar refractivity (Wildman–Crippen MR) is 123 cm³/mol. The number of sulfonamides is 1. The van der Waals surface area contributed by atoms with Crippen LogP contribution in [-0.2, 0) is 10.0 Å². The minimum Gasteiger partial charge on any atom is -0.507 e. The van der Waals surface area contributed by atoms with Crippen LogP contribution in [0.1, 0.15) is 11.3 Å². The van der Waals surface area contributed by atoms with Gasteiger partial charge >= 0.3 is 0 Å². The van der Waals surface area contributed by atoms with Gasteiger partial charge in [0, 0.05) is 17.3 Å². The van der Waals surface area contributed by atoms with E-state index in [2.05, 4.69) is 14.7 Å². The van der Waals surface area contributed by atoms with Crippen molar-refractivity contribution in [2.75, 3.05) is 11.8 Å². The first kappa shape index (κ1) is 21.1. The van der Waals surface area contributed by atoms with Gasteiger partial charge in [0.15, 0.2) is 0 Å². The van der Waals surface area contributed by atoms with Crippen molar-refractivity contribution in [3.8, 4) is 5.75 Å². The Morgan fingerprint density at radius 2 is 1.81 bits per heavy atom. The van der Waals surface area contributed by atoms with Gasteiger partial charge < -0.3 is 14.8 Å².